The third-order valence-corrected chi connectivity index (χ3v) is 4.71. The lowest BCUT2D eigenvalue weighted by molar-refractivity contribution is 0.109. The van der Waals surface area contributed by atoms with Crippen molar-refractivity contribution in [3.8, 4) is 6.07 Å². The first-order chi connectivity index (χ1) is 8.60. The molecule has 98 valence electrons. The fraction of sp³-hybridized carbons (Fsp3) is 0.714. The molecule has 1 saturated heterocycles. The first-order valence-corrected chi connectivity index (χ1v) is 7.45. The van der Waals surface area contributed by atoms with E-state index >= 15 is 0 Å². The molecule has 0 aromatic carbocycles. The number of nitriles is 1. The second-order valence-corrected chi connectivity index (χ2v) is 6.83. The van der Waals surface area contributed by atoms with Crippen molar-refractivity contribution in [2.75, 3.05) is 13.1 Å². The maximum absolute atomic E-state index is 9.21. The van der Waals surface area contributed by atoms with Gasteiger partial charge in [0.05, 0.1) is 17.0 Å². The molecule has 4 heteroatoms. The van der Waals surface area contributed by atoms with Gasteiger partial charge in [0.25, 0.3) is 0 Å². The Kier molecular flexibility index (Phi) is 4.36. The molecule has 0 saturated carbocycles. The van der Waals surface area contributed by atoms with E-state index in [4.69, 9.17) is 0 Å². The highest BCUT2D eigenvalue weighted by Crippen LogP contribution is 2.30. The van der Waals surface area contributed by atoms with E-state index in [2.05, 4.69) is 29.8 Å². The zero-order valence-corrected chi connectivity index (χ0v) is 12.2. The SMILES string of the molecule is Cc1ncc(CN2CCC(C#N)C(C(C)C)C2)s1. The average Bonchev–Trinajstić information content (AvgIpc) is 2.74. The van der Waals surface area contributed by atoms with Gasteiger partial charge in [-0.2, -0.15) is 5.26 Å². The second-order valence-electron chi connectivity index (χ2n) is 5.51. The number of hydrogen-bond donors (Lipinski definition) is 0. The maximum Gasteiger partial charge on any atom is 0.0897 e. The van der Waals surface area contributed by atoms with Crippen LogP contribution in [0.1, 0.15) is 30.2 Å². The molecule has 1 fully saturated rings. The van der Waals surface area contributed by atoms with E-state index in [1.165, 1.54) is 4.88 Å². The lowest BCUT2D eigenvalue weighted by Gasteiger charge is -2.37. The molecule has 2 atom stereocenters. The highest BCUT2D eigenvalue weighted by Gasteiger charge is 2.31. The van der Waals surface area contributed by atoms with Crippen molar-refractivity contribution >= 4 is 11.3 Å². The summed E-state index contributed by atoms with van der Waals surface area (Å²) in [4.78, 5) is 8.12. The average molecular weight is 263 g/mol. The van der Waals surface area contributed by atoms with Crippen LogP contribution >= 0.6 is 11.3 Å². The number of aromatic nitrogens is 1. The molecular weight excluding hydrogens is 242 g/mol. The normalized spacial score (nSPS) is 25.3. The van der Waals surface area contributed by atoms with Crippen LogP contribution in [-0.2, 0) is 6.54 Å². The minimum absolute atomic E-state index is 0.240. The van der Waals surface area contributed by atoms with Crippen molar-refractivity contribution in [1.82, 2.24) is 9.88 Å². The molecule has 0 N–H and O–H groups in total. The topological polar surface area (TPSA) is 39.9 Å². The molecule has 1 aliphatic rings. The molecule has 1 aromatic heterocycles. The summed E-state index contributed by atoms with van der Waals surface area (Å²) >= 11 is 1.78. The summed E-state index contributed by atoms with van der Waals surface area (Å²) in [5.41, 5.74) is 0. The highest BCUT2D eigenvalue weighted by atomic mass is 32.1. The van der Waals surface area contributed by atoms with Gasteiger partial charge in [-0.1, -0.05) is 13.8 Å². The molecule has 2 heterocycles. The highest BCUT2D eigenvalue weighted by molar-refractivity contribution is 7.11. The minimum atomic E-state index is 0.240. The minimum Gasteiger partial charge on any atom is -0.298 e. The third-order valence-electron chi connectivity index (χ3n) is 3.81. The predicted molar refractivity (Wildman–Crippen MR) is 74.2 cm³/mol. The Labute approximate surface area is 113 Å². The van der Waals surface area contributed by atoms with E-state index in [1.807, 2.05) is 13.1 Å². The van der Waals surface area contributed by atoms with Gasteiger partial charge in [-0.15, -0.1) is 11.3 Å². The fourth-order valence-corrected chi connectivity index (χ4v) is 3.57. The Bertz CT molecular complexity index is 432. The van der Waals surface area contributed by atoms with Crippen molar-refractivity contribution in [1.29, 1.82) is 5.26 Å². The Balaban J connectivity index is 1.98. The van der Waals surface area contributed by atoms with Crippen LogP contribution in [0.5, 0.6) is 0 Å². The Morgan fingerprint density at radius 2 is 2.39 bits per heavy atom. The lowest BCUT2D eigenvalue weighted by Crippen LogP contribution is -2.41. The lowest BCUT2D eigenvalue weighted by atomic mass is 9.79. The van der Waals surface area contributed by atoms with Crippen molar-refractivity contribution in [3.63, 3.8) is 0 Å². The third kappa shape index (κ3) is 3.09. The van der Waals surface area contributed by atoms with Crippen LogP contribution in [0.4, 0.5) is 0 Å². The Morgan fingerprint density at radius 3 is 2.94 bits per heavy atom. The van der Waals surface area contributed by atoms with E-state index in [-0.39, 0.29) is 5.92 Å². The summed E-state index contributed by atoms with van der Waals surface area (Å²) in [5.74, 6) is 1.34. The molecule has 1 aromatic rings. The number of rotatable bonds is 3. The zero-order chi connectivity index (χ0) is 13.1. The van der Waals surface area contributed by atoms with Crippen LogP contribution in [0.2, 0.25) is 0 Å². The van der Waals surface area contributed by atoms with Crippen LogP contribution in [0.3, 0.4) is 0 Å². The van der Waals surface area contributed by atoms with Crippen LogP contribution in [0.25, 0.3) is 0 Å². The van der Waals surface area contributed by atoms with Crippen molar-refractivity contribution in [2.45, 2.75) is 33.7 Å². The van der Waals surface area contributed by atoms with Gasteiger partial charge < -0.3 is 0 Å². The van der Waals surface area contributed by atoms with Gasteiger partial charge in [0.15, 0.2) is 0 Å². The van der Waals surface area contributed by atoms with Gasteiger partial charge in [-0.05, 0) is 31.7 Å². The number of hydrogen-bond acceptors (Lipinski definition) is 4. The molecule has 0 radical (unpaired) electrons. The molecule has 1 aliphatic heterocycles. The van der Waals surface area contributed by atoms with E-state index in [1.54, 1.807) is 11.3 Å². The summed E-state index contributed by atoms with van der Waals surface area (Å²) in [7, 11) is 0. The van der Waals surface area contributed by atoms with Gasteiger partial charge >= 0.3 is 0 Å². The van der Waals surface area contributed by atoms with Crippen LogP contribution in [-0.4, -0.2) is 23.0 Å². The van der Waals surface area contributed by atoms with Gasteiger partial charge in [-0.25, -0.2) is 4.98 Å². The number of piperidine rings is 1. The molecular formula is C14H21N3S. The Morgan fingerprint density at radius 1 is 1.61 bits per heavy atom. The second kappa shape index (κ2) is 5.81. The zero-order valence-electron chi connectivity index (χ0n) is 11.4. The van der Waals surface area contributed by atoms with Gasteiger partial charge in [0.2, 0.25) is 0 Å². The molecule has 0 aliphatic carbocycles. The van der Waals surface area contributed by atoms with Gasteiger partial charge in [0.1, 0.15) is 0 Å². The molecule has 2 unspecified atom stereocenters. The first kappa shape index (κ1) is 13.5. The summed E-state index contributed by atoms with van der Waals surface area (Å²) in [6.45, 7) is 9.59. The summed E-state index contributed by atoms with van der Waals surface area (Å²) in [6, 6.07) is 2.49. The molecule has 2 rings (SSSR count). The van der Waals surface area contributed by atoms with Gasteiger partial charge in [-0.3, -0.25) is 4.90 Å². The predicted octanol–water partition coefficient (Wildman–Crippen LogP) is 3.07. The van der Waals surface area contributed by atoms with Gasteiger partial charge in [0, 0.05) is 24.2 Å². The number of likely N-dealkylation sites (tertiary alicyclic amines) is 1. The van der Waals surface area contributed by atoms with E-state index < -0.39 is 0 Å². The Hall–Kier alpha value is -0.920. The maximum atomic E-state index is 9.21. The summed E-state index contributed by atoms with van der Waals surface area (Å²) in [6.07, 6.45) is 3.00. The van der Waals surface area contributed by atoms with Crippen molar-refractivity contribution in [3.05, 3.63) is 16.1 Å². The van der Waals surface area contributed by atoms with E-state index in [0.29, 0.717) is 11.8 Å². The molecule has 0 spiro atoms. The van der Waals surface area contributed by atoms with Crippen LogP contribution in [0.15, 0.2) is 6.20 Å². The monoisotopic (exact) mass is 263 g/mol. The summed E-state index contributed by atoms with van der Waals surface area (Å²) < 4.78 is 0. The molecule has 0 bridgehead atoms. The standard InChI is InChI=1S/C14H21N3S/c1-10(2)14-9-17(5-4-12(14)6-15)8-13-7-16-11(3)18-13/h7,10,12,14H,4-5,8-9H2,1-3H3. The smallest absolute Gasteiger partial charge is 0.0897 e. The van der Waals surface area contributed by atoms with E-state index in [0.717, 1.165) is 31.1 Å². The largest absolute Gasteiger partial charge is 0.298 e. The van der Waals surface area contributed by atoms with Crippen molar-refractivity contribution < 1.29 is 0 Å². The molecule has 3 nitrogen and oxygen atoms in total. The van der Waals surface area contributed by atoms with E-state index in [9.17, 15) is 5.26 Å². The number of nitrogens with zero attached hydrogens (tertiary/aromatic N) is 3. The number of aryl methyl sites for hydroxylation is 1. The summed E-state index contributed by atoms with van der Waals surface area (Å²) in [5, 5.41) is 10.3. The van der Waals surface area contributed by atoms with Crippen LogP contribution in [0, 0.1) is 36.0 Å². The first-order valence-electron chi connectivity index (χ1n) is 6.63. The fourth-order valence-electron chi connectivity index (χ4n) is 2.73. The number of thiazole rings is 1. The van der Waals surface area contributed by atoms with Crippen LogP contribution < -0.4 is 0 Å². The quantitative estimate of drug-likeness (QED) is 0.841. The molecule has 0 amide bonds. The molecule has 18 heavy (non-hydrogen) atoms. The van der Waals surface area contributed by atoms with Crippen molar-refractivity contribution in [2.24, 2.45) is 17.8 Å².